The molecule has 4 heteroatoms. The third kappa shape index (κ3) is 3.47. The molecule has 1 N–H and O–H groups in total. The summed E-state index contributed by atoms with van der Waals surface area (Å²) in [6.07, 6.45) is 5.99. The highest BCUT2D eigenvalue weighted by atomic mass is 32.2. The SMILES string of the molecule is CCC1CN(c2ncc(CNC3CC3)cc2C)CCS1. The van der Waals surface area contributed by atoms with Crippen LogP contribution in [0.15, 0.2) is 12.3 Å². The standard InChI is InChI=1S/C16H25N3S/c1-3-15-11-19(6-7-20-15)16-12(2)8-13(10-18-16)9-17-14-4-5-14/h8,10,14-15,17H,3-7,9,11H2,1-2H3. The molecule has 0 bridgehead atoms. The number of anilines is 1. The number of nitrogens with one attached hydrogen (secondary N) is 1. The van der Waals surface area contributed by atoms with E-state index < -0.39 is 0 Å². The van der Waals surface area contributed by atoms with Crippen LogP contribution >= 0.6 is 11.8 Å². The first kappa shape index (κ1) is 14.2. The fourth-order valence-corrected chi connectivity index (χ4v) is 3.94. The number of hydrogen-bond donors (Lipinski definition) is 1. The van der Waals surface area contributed by atoms with E-state index in [0.717, 1.165) is 30.9 Å². The average Bonchev–Trinajstić information content (AvgIpc) is 3.29. The number of rotatable bonds is 5. The molecule has 2 heterocycles. The van der Waals surface area contributed by atoms with Gasteiger partial charge < -0.3 is 10.2 Å². The molecule has 1 aromatic heterocycles. The molecular weight excluding hydrogens is 266 g/mol. The number of aromatic nitrogens is 1. The van der Waals surface area contributed by atoms with Crippen molar-refractivity contribution in [3.05, 3.63) is 23.4 Å². The van der Waals surface area contributed by atoms with Crippen LogP contribution in [0.1, 0.15) is 37.3 Å². The second-order valence-electron chi connectivity index (χ2n) is 5.99. The molecule has 0 amide bonds. The second kappa shape index (κ2) is 6.35. The monoisotopic (exact) mass is 291 g/mol. The van der Waals surface area contributed by atoms with E-state index in [9.17, 15) is 0 Å². The molecule has 2 fully saturated rings. The molecule has 1 saturated heterocycles. The van der Waals surface area contributed by atoms with Crippen molar-refractivity contribution in [2.45, 2.75) is 50.9 Å². The molecule has 1 saturated carbocycles. The molecule has 2 aliphatic rings. The van der Waals surface area contributed by atoms with Gasteiger partial charge in [-0.2, -0.15) is 11.8 Å². The lowest BCUT2D eigenvalue weighted by Crippen LogP contribution is -2.38. The minimum atomic E-state index is 0.763. The van der Waals surface area contributed by atoms with Crippen LogP contribution in [0, 0.1) is 6.92 Å². The lowest BCUT2D eigenvalue weighted by molar-refractivity contribution is 0.683. The summed E-state index contributed by atoms with van der Waals surface area (Å²) >= 11 is 2.11. The van der Waals surface area contributed by atoms with Gasteiger partial charge in [0.1, 0.15) is 5.82 Å². The normalized spacial score (nSPS) is 23.1. The molecule has 1 aliphatic heterocycles. The zero-order valence-electron chi connectivity index (χ0n) is 12.6. The van der Waals surface area contributed by atoms with Crippen LogP contribution in [0.5, 0.6) is 0 Å². The highest BCUT2D eigenvalue weighted by Gasteiger charge is 2.22. The van der Waals surface area contributed by atoms with Crippen molar-refractivity contribution in [3.8, 4) is 0 Å². The van der Waals surface area contributed by atoms with Crippen LogP contribution in [0.4, 0.5) is 5.82 Å². The van der Waals surface area contributed by atoms with Crippen molar-refractivity contribution >= 4 is 17.6 Å². The fraction of sp³-hybridized carbons (Fsp3) is 0.688. The Balaban J connectivity index is 1.66. The Hall–Kier alpha value is -0.740. The van der Waals surface area contributed by atoms with Crippen molar-refractivity contribution in [1.29, 1.82) is 0 Å². The van der Waals surface area contributed by atoms with Gasteiger partial charge in [0.25, 0.3) is 0 Å². The van der Waals surface area contributed by atoms with E-state index in [4.69, 9.17) is 4.98 Å². The van der Waals surface area contributed by atoms with Crippen molar-refractivity contribution < 1.29 is 0 Å². The Kier molecular flexibility index (Phi) is 4.51. The highest BCUT2D eigenvalue weighted by molar-refractivity contribution is 8.00. The molecule has 0 spiro atoms. The highest BCUT2D eigenvalue weighted by Crippen LogP contribution is 2.27. The van der Waals surface area contributed by atoms with Crippen LogP contribution in [0.3, 0.4) is 0 Å². The number of aryl methyl sites for hydroxylation is 1. The van der Waals surface area contributed by atoms with E-state index >= 15 is 0 Å². The van der Waals surface area contributed by atoms with Crippen LogP contribution in [0.2, 0.25) is 0 Å². The van der Waals surface area contributed by atoms with Gasteiger partial charge in [0.05, 0.1) is 0 Å². The van der Waals surface area contributed by atoms with Crippen molar-refractivity contribution in [2.24, 2.45) is 0 Å². The topological polar surface area (TPSA) is 28.2 Å². The van der Waals surface area contributed by atoms with Gasteiger partial charge in [-0.25, -0.2) is 4.98 Å². The summed E-state index contributed by atoms with van der Waals surface area (Å²) in [4.78, 5) is 7.22. The quantitative estimate of drug-likeness (QED) is 0.903. The summed E-state index contributed by atoms with van der Waals surface area (Å²) in [6.45, 7) is 7.73. The lowest BCUT2D eigenvalue weighted by Gasteiger charge is -2.33. The molecule has 3 rings (SSSR count). The van der Waals surface area contributed by atoms with Crippen molar-refractivity contribution in [1.82, 2.24) is 10.3 Å². The molecule has 1 atom stereocenters. The van der Waals surface area contributed by atoms with Gasteiger partial charge in [-0.3, -0.25) is 0 Å². The van der Waals surface area contributed by atoms with E-state index in [1.807, 2.05) is 0 Å². The molecule has 1 unspecified atom stereocenters. The Labute approximate surface area is 126 Å². The fourth-order valence-electron chi connectivity index (χ4n) is 2.76. The summed E-state index contributed by atoms with van der Waals surface area (Å²) in [5.41, 5.74) is 2.64. The van der Waals surface area contributed by atoms with Crippen LogP contribution in [-0.2, 0) is 6.54 Å². The van der Waals surface area contributed by atoms with Gasteiger partial charge >= 0.3 is 0 Å². The van der Waals surface area contributed by atoms with E-state index in [1.54, 1.807) is 0 Å². The Bertz CT molecular complexity index is 459. The lowest BCUT2D eigenvalue weighted by atomic mass is 10.2. The molecule has 0 aromatic carbocycles. The second-order valence-corrected chi connectivity index (χ2v) is 7.39. The third-order valence-corrected chi connectivity index (χ3v) is 5.55. The van der Waals surface area contributed by atoms with Crippen LogP contribution in [-0.4, -0.2) is 35.1 Å². The first-order valence-corrected chi connectivity index (χ1v) is 8.86. The first-order chi connectivity index (χ1) is 9.76. The number of pyridine rings is 1. The molecule has 0 radical (unpaired) electrons. The Morgan fingerprint density at radius 1 is 1.45 bits per heavy atom. The average molecular weight is 291 g/mol. The van der Waals surface area contributed by atoms with Gasteiger partial charge in [-0.05, 0) is 43.4 Å². The molecule has 20 heavy (non-hydrogen) atoms. The number of hydrogen-bond acceptors (Lipinski definition) is 4. The summed E-state index contributed by atoms with van der Waals surface area (Å²) in [5.74, 6) is 2.42. The summed E-state index contributed by atoms with van der Waals surface area (Å²) in [7, 11) is 0. The predicted octanol–water partition coefficient (Wildman–Crippen LogP) is 2.97. The van der Waals surface area contributed by atoms with Gasteiger partial charge in [0, 0.05) is 42.9 Å². The Morgan fingerprint density at radius 3 is 3.00 bits per heavy atom. The molecule has 110 valence electrons. The molecule has 1 aromatic rings. The minimum Gasteiger partial charge on any atom is -0.354 e. The van der Waals surface area contributed by atoms with Crippen molar-refractivity contribution in [2.75, 3.05) is 23.7 Å². The largest absolute Gasteiger partial charge is 0.354 e. The zero-order valence-corrected chi connectivity index (χ0v) is 13.4. The van der Waals surface area contributed by atoms with E-state index in [2.05, 4.69) is 48.1 Å². The maximum atomic E-state index is 4.75. The number of nitrogens with zero attached hydrogens (tertiary/aromatic N) is 2. The summed E-state index contributed by atoms with van der Waals surface area (Å²) < 4.78 is 0. The van der Waals surface area contributed by atoms with Crippen LogP contribution in [0.25, 0.3) is 0 Å². The number of thioether (sulfide) groups is 1. The summed E-state index contributed by atoms with van der Waals surface area (Å²) in [6, 6.07) is 3.07. The van der Waals surface area contributed by atoms with Crippen molar-refractivity contribution in [3.63, 3.8) is 0 Å². The predicted molar refractivity (Wildman–Crippen MR) is 87.6 cm³/mol. The van der Waals surface area contributed by atoms with Gasteiger partial charge in [0.15, 0.2) is 0 Å². The van der Waals surface area contributed by atoms with Gasteiger partial charge in [-0.1, -0.05) is 6.92 Å². The van der Waals surface area contributed by atoms with Crippen LogP contribution < -0.4 is 10.2 Å². The smallest absolute Gasteiger partial charge is 0.131 e. The maximum absolute atomic E-state index is 4.75. The first-order valence-electron chi connectivity index (χ1n) is 7.81. The third-order valence-electron chi connectivity index (χ3n) is 4.17. The van der Waals surface area contributed by atoms with E-state index in [-0.39, 0.29) is 0 Å². The molecule has 1 aliphatic carbocycles. The minimum absolute atomic E-state index is 0.763. The Morgan fingerprint density at radius 2 is 2.30 bits per heavy atom. The molecule has 3 nitrogen and oxygen atoms in total. The molecular formula is C16H25N3S. The van der Waals surface area contributed by atoms with Gasteiger partial charge in [0.2, 0.25) is 0 Å². The zero-order chi connectivity index (χ0) is 13.9. The maximum Gasteiger partial charge on any atom is 0.131 e. The summed E-state index contributed by atoms with van der Waals surface area (Å²) in [5, 5.41) is 4.32. The van der Waals surface area contributed by atoms with E-state index in [0.29, 0.717) is 0 Å². The van der Waals surface area contributed by atoms with E-state index in [1.165, 1.54) is 42.0 Å². The van der Waals surface area contributed by atoms with Gasteiger partial charge in [-0.15, -0.1) is 0 Å².